The van der Waals surface area contributed by atoms with E-state index in [1.165, 1.54) is 11.8 Å². The van der Waals surface area contributed by atoms with Crippen LogP contribution in [-0.2, 0) is 0 Å². The summed E-state index contributed by atoms with van der Waals surface area (Å²) in [7, 11) is 0. The fourth-order valence-electron chi connectivity index (χ4n) is 1.55. The minimum atomic E-state index is 0.274. The molecule has 0 aliphatic carbocycles. The smallest absolute Gasteiger partial charge is 0.191 e. The van der Waals surface area contributed by atoms with E-state index in [2.05, 4.69) is 29.1 Å². The van der Waals surface area contributed by atoms with Crippen LogP contribution in [0.1, 0.15) is 31.2 Å². The monoisotopic (exact) mass is 294 g/mol. The Morgan fingerprint density at radius 2 is 1.95 bits per heavy atom. The van der Waals surface area contributed by atoms with Crippen molar-refractivity contribution in [1.29, 1.82) is 0 Å². The van der Waals surface area contributed by atoms with Crippen molar-refractivity contribution in [1.82, 2.24) is 14.9 Å². The molecule has 100 valence electrons. The third-order valence-electron chi connectivity index (χ3n) is 2.53. The second-order valence-electron chi connectivity index (χ2n) is 4.31. The number of rotatable bonds is 4. The first-order valence-electron chi connectivity index (χ1n) is 5.91. The van der Waals surface area contributed by atoms with E-state index in [9.17, 15) is 0 Å². The predicted molar refractivity (Wildman–Crippen MR) is 80.3 cm³/mol. The van der Waals surface area contributed by atoms with Gasteiger partial charge in [-0.05, 0) is 24.0 Å². The van der Waals surface area contributed by atoms with Gasteiger partial charge in [0, 0.05) is 10.9 Å². The van der Waals surface area contributed by atoms with Crippen molar-refractivity contribution in [3.8, 4) is 0 Å². The summed E-state index contributed by atoms with van der Waals surface area (Å²) in [6.07, 6.45) is 3.74. The molecule has 6 heteroatoms. The van der Waals surface area contributed by atoms with E-state index in [0.29, 0.717) is 5.02 Å². The molecule has 0 bridgehead atoms. The highest BCUT2D eigenvalue weighted by Crippen LogP contribution is 2.19. The lowest BCUT2D eigenvalue weighted by atomic mass is 10.2. The maximum Gasteiger partial charge on any atom is 0.211 e. The zero-order valence-corrected chi connectivity index (χ0v) is 12.6. The first-order valence-corrected chi connectivity index (χ1v) is 7.51. The number of benzene rings is 1. The second kappa shape index (κ2) is 6.21. The Labute approximate surface area is 121 Å². The first kappa shape index (κ1) is 14.1. The Morgan fingerprint density at radius 3 is 2.53 bits per heavy atom. The van der Waals surface area contributed by atoms with Gasteiger partial charge in [-0.1, -0.05) is 49.3 Å². The summed E-state index contributed by atoms with van der Waals surface area (Å²) in [5, 5.41) is 14.3. The molecule has 0 fully saturated rings. The number of nitrogens with zero attached hydrogens (tertiary/aromatic N) is 4. The van der Waals surface area contributed by atoms with Crippen molar-refractivity contribution in [2.75, 3.05) is 6.26 Å². The lowest BCUT2D eigenvalue weighted by Crippen LogP contribution is -2.01. The standard InChI is InChI=1S/C13H15ClN4S/c1-9(2)12-16-17-13(19-3)18(12)15-8-10-4-6-11(14)7-5-10/h4-9H,1-3H3/b15-8-. The zero-order chi connectivity index (χ0) is 13.8. The summed E-state index contributed by atoms with van der Waals surface area (Å²) in [4.78, 5) is 0. The van der Waals surface area contributed by atoms with Crippen molar-refractivity contribution in [3.05, 3.63) is 40.7 Å². The molecule has 0 saturated carbocycles. The molecule has 0 spiro atoms. The van der Waals surface area contributed by atoms with Gasteiger partial charge >= 0.3 is 0 Å². The average Bonchev–Trinajstić information content (AvgIpc) is 2.81. The fourth-order valence-corrected chi connectivity index (χ4v) is 2.11. The second-order valence-corrected chi connectivity index (χ2v) is 5.52. The van der Waals surface area contributed by atoms with Crippen molar-refractivity contribution in [2.24, 2.45) is 5.10 Å². The van der Waals surface area contributed by atoms with Gasteiger partial charge in [-0.25, -0.2) is 0 Å². The SMILES string of the molecule is CSc1nnc(C(C)C)n1/N=C\c1ccc(Cl)cc1. The van der Waals surface area contributed by atoms with E-state index in [1.54, 1.807) is 10.9 Å². The molecule has 2 aromatic rings. The van der Waals surface area contributed by atoms with Gasteiger partial charge in [-0.2, -0.15) is 9.78 Å². The number of hydrogen-bond donors (Lipinski definition) is 0. The van der Waals surface area contributed by atoms with Gasteiger partial charge in [-0.15, -0.1) is 10.2 Å². The Balaban J connectivity index is 2.31. The van der Waals surface area contributed by atoms with Crippen LogP contribution in [0.2, 0.25) is 5.02 Å². The molecule has 0 atom stereocenters. The summed E-state index contributed by atoms with van der Waals surface area (Å²) in [5.74, 6) is 1.13. The van der Waals surface area contributed by atoms with Crippen LogP contribution in [0.15, 0.2) is 34.5 Å². The van der Waals surface area contributed by atoms with Crippen LogP contribution in [0.3, 0.4) is 0 Å². The van der Waals surface area contributed by atoms with Crippen LogP contribution in [0, 0.1) is 0 Å². The number of hydrogen-bond acceptors (Lipinski definition) is 4. The number of thioether (sulfide) groups is 1. The van der Waals surface area contributed by atoms with Crippen molar-refractivity contribution < 1.29 is 0 Å². The third kappa shape index (κ3) is 3.36. The largest absolute Gasteiger partial charge is 0.211 e. The van der Waals surface area contributed by atoms with E-state index in [4.69, 9.17) is 11.6 Å². The molecule has 1 aromatic heterocycles. The maximum atomic E-state index is 5.85. The molecule has 4 nitrogen and oxygen atoms in total. The Morgan fingerprint density at radius 1 is 1.26 bits per heavy atom. The Hall–Kier alpha value is -1.33. The molecule has 0 unspecified atom stereocenters. The minimum absolute atomic E-state index is 0.274. The highest BCUT2D eigenvalue weighted by atomic mass is 35.5. The minimum Gasteiger partial charge on any atom is -0.191 e. The summed E-state index contributed by atoms with van der Waals surface area (Å²) in [6.45, 7) is 4.14. The number of aromatic nitrogens is 3. The Bertz CT molecular complexity index is 575. The zero-order valence-electron chi connectivity index (χ0n) is 11.0. The Kier molecular flexibility index (Phi) is 4.61. The van der Waals surface area contributed by atoms with Crippen molar-refractivity contribution in [2.45, 2.75) is 24.9 Å². The third-order valence-corrected chi connectivity index (χ3v) is 3.40. The topological polar surface area (TPSA) is 43.1 Å². The van der Waals surface area contributed by atoms with Crippen LogP contribution in [0.5, 0.6) is 0 Å². The molecule has 2 rings (SSSR count). The van der Waals surface area contributed by atoms with E-state index in [0.717, 1.165) is 16.5 Å². The molecular formula is C13H15ClN4S. The lowest BCUT2D eigenvalue weighted by molar-refractivity contribution is 0.668. The lowest BCUT2D eigenvalue weighted by Gasteiger charge is -2.05. The molecule has 1 heterocycles. The molecule has 1 aromatic carbocycles. The summed E-state index contributed by atoms with van der Waals surface area (Å²) >= 11 is 7.38. The van der Waals surface area contributed by atoms with Crippen LogP contribution in [0.4, 0.5) is 0 Å². The molecule has 0 aliphatic heterocycles. The van der Waals surface area contributed by atoms with Crippen LogP contribution >= 0.6 is 23.4 Å². The van der Waals surface area contributed by atoms with Gasteiger partial charge in [0.15, 0.2) is 5.82 Å². The van der Waals surface area contributed by atoms with Crippen molar-refractivity contribution in [3.63, 3.8) is 0 Å². The molecular weight excluding hydrogens is 280 g/mol. The van der Waals surface area contributed by atoms with E-state index < -0.39 is 0 Å². The summed E-state index contributed by atoms with van der Waals surface area (Å²) in [6, 6.07) is 7.52. The van der Waals surface area contributed by atoms with E-state index in [1.807, 2.05) is 30.5 Å². The van der Waals surface area contributed by atoms with Gasteiger partial charge in [0.25, 0.3) is 0 Å². The molecule has 0 radical (unpaired) electrons. The summed E-state index contributed by atoms with van der Waals surface area (Å²) in [5.41, 5.74) is 0.986. The predicted octanol–water partition coefficient (Wildman–Crippen LogP) is 3.66. The molecule has 0 aliphatic rings. The van der Waals surface area contributed by atoms with Gasteiger partial charge < -0.3 is 0 Å². The molecule has 19 heavy (non-hydrogen) atoms. The normalized spacial score (nSPS) is 11.6. The fraction of sp³-hybridized carbons (Fsp3) is 0.308. The van der Waals surface area contributed by atoms with Gasteiger partial charge in [0.2, 0.25) is 5.16 Å². The highest BCUT2D eigenvalue weighted by Gasteiger charge is 2.13. The number of halogens is 1. The maximum absolute atomic E-state index is 5.85. The van der Waals surface area contributed by atoms with Gasteiger partial charge in [-0.3, -0.25) is 0 Å². The highest BCUT2D eigenvalue weighted by molar-refractivity contribution is 7.98. The van der Waals surface area contributed by atoms with E-state index in [-0.39, 0.29) is 5.92 Å². The molecule has 0 saturated heterocycles. The van der Waals surface area contributed by atoms with Crippen LogP contribution < -0.4 is 0 Å². The van der Waals surface area contributed by atoms with Crippen molar-refractivity contribution >= 4 is 29.6 Å². The quantitative estimate of drug-likeness (QED) is 0.638. The molecule has 0 amide bonds. The average molecular weight is 295 g/mol. The first-order chi connectivity index (χ1) is 9.11. The van der Waals surface area contributed by atoms with E-state index >= 15 is 0 Å². The summed E-state index contributed by atoms with van der Waals surface area (Å²) < 4.78 is 1.78. The van der Waals surface area contributed by atoms with Crippen LogP contribution in [-0.4, -0.2) is 27.3 Å². The van der Waals surface area contributed by atoms with Crippen LogP contribution in [0.25, 0.3) is 0 Å². The van der Waals surface area contributed by atoms with Gasteiger partial charge in [0.05, 0.1) is 6.21 Å². The molecule has 0 N–H and O–H groups in total. The van der Waals surface area contributed by atoms with Gasteiger partial charge in [0.1, 0.15) is 0 Å².